The molecule has 0 saturated carbocycles. The van der Waals surface area contributed by atoms with Crippen molar-refractivity contribution in [1.82, 2.24) is 0 Å². The van der Waals surface area contributed by atoms with E-state index in [4.69, 9.17) is 0 Å². The Balaban J connectivity index is 2.87. The molecule has 3 nitrogen and oxygen atoms in total. The van der Waals surface area contributed by atoms with E-state index in [0.717, 1.165) is 0 Å². The second-order valence-electron chi connectivity index (χ2n) is 3.60. The molecule has 19 heavy (non-hydrogen) atoms. The quantitative estimate of drug-likeness (QED) is 0.398. The Labute approximate surface area is 106 Å². The van der Waals surface area contributed by atoms with Gasteiger partial charge < -0.3 is 10.1 Å². The minimum Gasteiger partial charge on any atom is -0.466 e. The number of ether oxygens (including phenoxy) is 1. The highest BCUT2D eigenvalue weighted by molar-refractivity contribution is 5.87. The molecule has 1 rings (SSSR count). The molecule has 7 heteroatoms. The maximum atomic E-state index is 13.2. The van der Waals surface area contributed by atoms with Gasteiger partial charge in [-0.05, 0) is 6.92 Å². The Morgan fingerprint density at radius 1 is 1.26 bits per heavy atom. The van der Waals surface area contributed by atoms with Crippen LogP contribution in [0.5, 0.6) is 0 Å². The molecule has 0 heterocycles. The number of hydrogen-bond donors (Lipinski definition) is 1. The van der Waals surface area contributed by atoms with Crippen molar-refractivity contribution in [3.63, 3.8) is 0 Å². The van der Waals surface area contributed by atoms with Crippen LogP contribution >= 0.6 is 0 Å². The number of anilines is 1. The molecule has 1 N–H and O–H groups in total. The highest BCUT2D eigenvalue weighted by atomic mass is 19.2. The summed E-state index contributed by atoms with van der Waals surface area (Å²) in [6.07, 6.45) is 1.27. The summed E-state index contributed by atoms with van der Waals surface area (Å²) in [5, 5.41) is 2.16. The van der Waals surface area contributed by atoms with E-state index in [0.29, 0.717) is 0 Å². The van der Waals surface area contributed by atoms with Crippen LogP contribution in [0.4, 0.5) is 23.2 Å². The van der Waals surface area contributed by atoms with E-state index in [1.54, 1.807) is 0 Å². The Morgan fingerprint density at radius 3 is 2.26 bits per heavy atom. The molecule has 0 aliphatic carbocycles. The van der Waals surface area contributed by atoms with Gasteiger partial charge in [0.2, 0.25) is 0 Å². The molecule has 0 aliphatic rings. The lowest BCUT2D eigenvalue weighted by atomic mass is 10.2. The summed E-state index contributed by atoms with van der Waals surface area (Å²) in [6.45, 7) is 1.23. The first kappa shape index (κ1) is 15.0. The monoisotopic (exact) mass is 277 g/mol. The number of nitrogens with one attached hydrogen (secondary N) is 1. The van der Waals surface area contributed by atoms with Crippen LogP contribution in [0.15, 0.2) is 17.7 Å². The van der Waals surface area contributed by atoms with Crippen LogP contribution < -0.4 is 5.32 Å². The molecule has 104 valence electrons. The summed E-state index contributed by atoms with van der Waals surface area (Å²) >= 11 is 0. The van der Waals surface area contributed by atoms with Crippen molar-refractivity contribution >= 4 is 11.7 Å². The molecule has 0 unspecified atom stereocenters. The first-order valence-electron chi connectivity index (χ1n) is 5.20. The summed E-state index contributed by atoms with van der Waals surface area (Å²) in [5.41, 5.74) is -0.737. The largest absolute Gasteiger partial charge is 0.466 e. The summed E-state index contributed by atoms with van der Waals surface area (Å²) < 4.78 is 56.6. The Hall–Kier alpha value is -2.05. The zero-order chi connectivity index (χ0) is 14.6. The Bertz CT molecular complexity index is 503. The van der Waals surface area contributed by atoms with E-state index < -0.39 is 34.9 Å². The SMILES string of the molecule is COC(=O)/C(C)=C/CNc1c(F)c(F)cc(F)c1F. The minimum absolute atomic E-state index is 0.116. The summed E-state index contributed by atoms with van der Waals surface area (Å²) in [4.78, 5) is 11.0. The number of rotatable bonds is 4. The van der Waals surface area contributed by atoms with Crippen molar-refractivity contribution in [1.29, 1.82) is 0 Å². The summed E-state index contributed by atoms with van der Waals surface area (Å²) in [5.74, 6) is -6.68. The van der Waals surface area contributed by atoms with Gasteiger partial charge in [-0.1, -0.05) is 6.08 Å². The third kappa shape index (κ3) is 3.46. The van der Waals surface area contributed by atoms with Crippen molar-refractivity contribution in [2.24, 2.45) is 0 Å². The predicted octanol–water partition coefficient (Wildman–Crippen LogP) is 2.77. The number of esters is 1. The fraction of sp³-hybridized carbons (Fsp3) is 0.250. The van der Waals surface area contributed by atoms with Gasteiger partial charge in [0.15, 0.2) is 23.3 Å². The molecule has 0 radical (unpaired) electrons. The highest BCUT2D eigenvalue weighted by Crippen LogP contribution is 2.23. The van der Waals surface area contributed by atoms with Crippen LogP contribution in [0, 0.1) is 23.3 Å². The smallest absolute Gasteiger partial charge is 0.333 e. The van der Waals surface area contributed by atoms with Gasteiger partial charge in [0, 0.05) is 18.2 Å². The summed E-state index contributed by atoms with van der Waals surface area (Å²) in [7, 11) is 1.17. The lowest BCUT2D eigenvalue weighted by molar-refractivity contribution is -0.136. The zero-order valence-electron chi connectivity index (χ0n) is 10.2. The van der Waals surface area contributed by atoms with Gasteiger partial charge in [-0.25, -0.2) is 22.4 Å². The van der Waals surface area contributed by atoms with Crippen molar-refractivity contribution in [2.45, 2.75) is 6.92 Å². The second kappa shape index (κ2) is 6.21. The fourth-order valence-corrected chi connectivity index (χ4v) is 1.28. The van der Waals surface area contributed by atoms with Crippen LogP contribution in [0.2, 0.25) is 0 Å². The van der Waals surface area contributed by atoms with Gasteiger partial charge in [0.1, 0.15) is 5.69 Å². The standard InChI is InChI=1S/C12H11F4NO2/c1-6(12(18)19-2)3-4-17-11-9(15)7(13)5-8(14)10(11)16/h3,5,17H,4H2,1-2H3/b6-3+. The van der Waals surface area contributed by atoms with Crippen molar-refractivity contribution < 1.29 is 27.1 Å². The summed E-state index contributed by atoms with van der Waals surface area (Å²) in [6, 6.07) is 0.116. The fourth-order valence-electron chi connectivity index (χ4n) is 1.28. The molecule has 1 aromatic rings. The van der Waals surface area contributed by atoms with Crippen LogP contribution in [-0.4, -0.2) is 19.6 Å². The molecule has 0 spiro atoms. The van der Waals surface area contributed by atoms with Crippen molar-refractivity contribution in [2.75, 3.05) is 19.0 Å². The number of methoxy groups -OCH3 is 1. The molecule has 0 bridgehead atoms. The maximum absolute atomic E-state index is 13.2. The third-order valence-corrected chi connectivity index (χ3v) is 2.31. The molecule has 0 aromatic heterocycles. The van der Waals surface area contributed by atoms with E-state index in [-0.39, 0.29) is 18.2 Å². The van der Waals surface area contributed by atoms with Crippen LogP contribution in [-0.2, 0) is 9.53 Å². The minimum atomic E-state index is -1.52. The zero-order valence-corrected chi connectivity index (χ0v) is 10.2. The van der Waals surface area contributed by atoms with Crippen molar-refractivity contribution in [3.05, 3.63) is 41.0 Å². The lowest BCUT2D eigenvalue weighted by Crippen LogP contribution is -2.09. The van der Waals surface area contributed by atoms with E-state index in [1.165, 1.54) is 20.1 Å². The molecule has 0 fully saturated rings. The first-order valence-corrected chi connectivity index (χ1v) is 5.20. The number of carbonyl (C=O) groups is 1. The van der Waals surface area contributed by atoms with E-state index in [1.807, 2.05) is 0 Å². The van der Waals surface area contributed by atoms with Gasteiger partial charge in [-0.15, -0.1) is 0 Å². The van der Waals surface area contributed by atoms with Crippen molar-refractivity contribution in [3.8, 4) is 0 Å². The van der Waals surface area contributed by atoms with E-state index in [2.05, 4.69) is 10.1 Å². The average Bonchev–Trinajstić information content (AvgIpc) is 2.39. The van der Waals surface area contributed by atoms with Gasteiger partial charge in [0.05, 0.1) is 7.11 Å². The number of carbonyl (C=O) groups excluding carboxylic acids is 1. The topological polar surface area (TPSA) is 38.3 Å². The normalized spacial score (nSPS) is 11.4. The molecule has 0 saturated heterocycles. The number of halogens is 4. The lowest BCUT2D eigenvalue weighted by Gasteiger charge is -2.08. The van der Waals surface area contributed by atoms with Gasteiger partial charge in [-0.3, -0.25) is 0 Å². The number of hydrogen-bond acceptors (Lipinski definition) is 3. The molecule has 0 atom stereocenters. The van der Waals surface area contributed by atoms with Gasteiger partial charge in [0.25, 0.3) is 0 Å². The van der Waals surface area contributed by atoms with Crippen LogP contribution in [0.1, 0.15) is 6.92 Å². The molecular formula is C12H11F4NO2. The van der Waals surface area contributed by atoms with Crippen LogP contribution in [0.25, 0.3) is 0 Å². The highest BCUT2D eigenvalue weighted by Gasteiger charge is 2.18. The first-order chi connectivity index (χ1) is 8.88. The Morgan fingerprint density at radius 2 is 1.79 bits per heavy atom. The van der Waals surface area contributed by atoms with Crippen LogP contribution in [0.3, 0.4) is 0 Å². The average molecular weight is 277 g/mol. The Kier molecular flexibility index (Phi) is 4.91. The second-order valence-corrected chi connectivity index (χ2v) is 3.60. The maximum Gasteiger partial charge on any atom is 0.333 e. The number of benzene rings is 1. The van der Waals surface area contributed by atoms with E-state index in [9.17, 15) is 22.4 Å². The predicted molar refractivity (Wildman–Crippen MR) is 60.5 cm³/mol. The van der Waals surface area contributed by atoms with Gasteiger partial charge >= 0.3 is 5.97 Å². The molecule has 0 amide bonds. The van der Waals surface area contributed by atoms with E-state index >= 15 is 0 Å². The molecular weight excluding hydrogens is 266 g/mol. The molecule has 1 aromatic carbocycles. The molecule has 0 aliphatic heterocycles. The van der Waals surface area contributed by atoms with Gasteiger partial charge in [-0.2, -0.15) is 0 Å². The third-order valence-electron chi connectivity index (χ3n) is 2.31.